The summed E-state index contributed by atoms with van der Waals surface area (Å²) in [4.78, 5) is 10.6. The molecule has 5 heteroatoms. The first-order valence-electron chi connectivity index (χ1n) is 11.2. The fourth-order valence-electron chi connectivity index (χ4n) is 4.75. The molecule has 0 amide bonds. The lowest BCUT2D eigenvalue weighted by atomic mass is 9.85. The standard InChI is InChI=1S/C24H36FNO3/c1-18(16-19-9-7-11-21(25)17-19)8-6-12-22-20(14-15-23(22)26-29)10-4-2-3-5-13-24(27)28/h7,9,11,17-18,20,22,29H,2-6,8,10,12-16H2,1H3,(H,27,28)/b26-23-/t18?,20-,22+/m0/s1. The highest BCUT2D eigenvalue weighted by Gasteiger charge is 2.32. The van der Waals surface area contributed by atoms with Gasteiger partial charge < -0.3 is 10.3 Å². The molecule has 1 saturated carbocycles. The molecule has 4 nitrogen and oxygen atoms in total. The monoisotopic (exact) mass is 405 g/mol. The summed E-state index contributed by atoms with van der Waals surface area (Å²) in [7, 11) is 0. The number of aliphatic carboxylic acids is 1. The molecule has 0 aromatic heterocycles. The van der Waals surface area contributed by atoms with E-state index < -0.39 is 5.97 Å². The number of oxime groups is 1. The minimum Gasteiger partial charge on any atom is -0.481 e. The lowest BCUT2D eigenvalue weighted by molar-refractivity contribution is -0.137. The number of carboxylic acid groups (broad SMARTS) is 1. The fraction of sp³-hybridized carbons (Fsp3) is 0.667. The van der Waals surface area contributed by atoms with Gasteiger partial charge in [0.1, 0.15) is 5.82 Å². The summed E-state index contributed by atoms with van der Waals surface area (Å²) in [6.07, 6.45) is 11.4. The summed E-state index contributed by atoms with van der Waals surface area (Å²) < 4.78 is 13.3. The Hall–Kier alpha value is -1.91. The van der Waals surface area contributed by atoms with Crippen molar-refractivity contribution in [1.29, 1.82) is 0 Å². The van der Waals surface area contributed by atoms with E-state index in [2.05, 4.69) is 12.1 Å². The minimum absolute atomic E-state index is 0.171. The van der Waals surface area contributed by atoms with E-state index in [1.165, 1.54) is 6.07 Å². The lowest BCUT2D eigenvalue weighted by Crippen LogP contribution is -2.16. The lowest BCUT2D eigenvalue weighted by Gasteiger charge is -2.20. The van der Waals surface area contributed by atoms with Gasteiger partial charge in [0.15, 0.2) is 0 Å². The third-order valence-corrected chi connectivity index (χ3v) is 6.30. The molecule has 1 fully saturated rings. The molecule has 0 bridgehead atoms. The molecule has 29 heavy (non-hydrogen) atoms. The minimum atomic E-state index is -0.712. The van der Waals surface area contributed by atoms with Gasteiger partial charge in [0, 0.05) is 12.3 Å². The highest BCUT2D eigenvalue weighted by Crippen LogP contribution is 2.37. The molecular formula is C24H36FNO3. The van der Waals surface area contributed by atoms with Crippen molar-refractivity contribution >= 4 is 11.7 Å². The fourth-order valence-corrected chi connectivity index (χ4v) is 4.75. The van der Waals surface area contributed by atoms with E-state index >= 15 is 0 Å². The number of rotatable bonds is 13. The molecule has 1 aromatic carbocycles. The number of benzene rings is 1. The van der Waals surface area contributed by atoms with Crippen molar-refractivity contribution in [2.45, 2.75) is 84.0 Å². The van der Waals surface area contributed by atoms with Crippen LogP contribution in [0, 0.1) is 23.6 Å². The molecule has 162 valence electrons. The van der Waals surface area contributed by atoms with Gasteiger partial charge in [0.2, 0.25) is 0 Å². The molecule has 0 radical (unpaired) electrons. The molecule has 1 unspecified atom stereocenters. The van der Waals surface area contributed by atoms with Gasteiger partial charge >= 0.3 is 5.97 Å². The Morgan fingerprint density at radius 2 is 2.00 bits per heavy atom. The molecule has 1 aliphatic rings. The molecule has 2 rings (SSSR count). The number of nitrogens with zero attached hydrogens (tertiary/aromatic N) is 1. The van der Waals surface area contributed by atoms with Crippen molar-refractivity contribution in [3.05, 3.63) is 35.6 Å². The Morgan fingerprint density at radius 1 is 1.21 bits per heavy atom. The molecule has 3 atom stereocenters. The first-order valence-corrected chi connectivity index (χ1v) is 11.2. The second-order valence-electron chi connectivity index (χ2n) is 8.71. The number of carboxylic acids is 1. The zero-order chi connectivity index (χ0) is 21.1. The van der Waals surface area contributed by atoms with Gasteiger partial charge in [0.25, 0.3) is 0 Å². The van der Waals surface area contributed by atoms with Crippen molar-refractivity contribution in [3.63, 3.8) is 0 Å². The topological polar surface area (TPSA) is 69.9 Å². The average molecular weight is 406 g/mol. The number of halogens is 1. The highest BCUT2D eigenvalue weighted by atomic mass is 19.1. The van der Waals surface area contributed by atoms with Gasteiger partial charge in [-0.25, -0.2) is 4.39 Å². The van der Waals surface area contributed by atoms with Crippen LogP contribution in [0.25, 0.3) is 0 Å². The Labute approximate surface area is 174 Å². The second-order valence-corrected chi connectivity index (χ2v) is 8.71. The zero-order valence-electron chi connectivity index (χ0n) is 17.7. The van der Waals surface area contributed by atoms with Crippen molar-refractivity contribution in [2.24, 2.45) is 22.9 Å². The predicted octanol–water partition coefficient (Wildman–Crippen LogP) is 6.46. The van der Waals surface area contributed by atoms with Crippen LogP contribution in [-0.4, -0.2) is 22.0 Å². The third kappa shape index (κ3) is 8.55. The van der Waals surface area contributed by atoms with E-state index in [4.69, 9.17) is 5.11 Å². The van der Waals surface area contributed by atoms with Crippen LogP contribution in [0.1, 0.15) is 83.1 Å². The SMILES string of the molecule is CC(CCC[C@H]1/C(=N\O)CC[C@@H]1CCCCCCC(=O)O)Cc1cccc(F)c1. The maximum atomic E-state index is 13.3. The zero-order valence-corrected chi connectivity index (χ0v) is 17.7. The van der Waals surface area contributed by atoms with E-state index in [0.29, 0.717) is 17.8 Å². The van der Waals surface area contributed by atoms with E-state index in [1.807, 2.05) is 6.07 Å². The van der Waals surface area contributed by atoms with Gasteiger partial charge in [-0.3, -0.25) is 4.79 Å². The van der Waals surface area contributed by atoms with Crippen LogP contribution >= 0.6 is 0 Å². The van der Waals surface area contributed by atoms with Gasteiger partial charge in [-0.1, -0.05) is 56.3 Å². The molecule has 1 aliphatic carbocycles. The summed E-state index contributed by atoms with van der Waals surface area (Å²) in [6, 6.07) is 6.86. The van der Waals surface area contributed by atoms with Crippen LogP contribution in [0.2, 0.25) is 0 Å². The first-order chi connectivity index (χ1) is 14.0. The highest BCUT2D eigenvalue weighted by molar-refractivity contribution is 5.88. The molecule has 0 saturated heterocycles. The molecule has 2 N–H and O–H groups in total. The molecule has 0 spiro atoms. The van der Waals surface area contributed by atoms with Crippen LogP contribution in [-0.2, 0) is 11.2 Å². The third-order valence-electron chi connectivity index (χ3n) is 6.30. The summed E-state index contributed by atoms with van der Waals surface area (Å²) in [5.41, 5.74) is 2.01. The van der Waals surface area contributed by atoms with E-state index in [9.17, 15) is 14.4 Å². The van der Waals surface area contributed by atoms with Crippen LogP contribution < -0.4 is 0 Å². The summed E-state index contributed by atoms with van der Waals surface area (Å²) in [5, 5.41) is 21.7. The van der Waals surface area contributed by atoms with Crippen LogP contribution in [0.15, 0.2) is 29.4 Å². The van der Waals surface area contributed by atoms with E-state index in [1.54, 1.807) is 12.1 Å². The Morgan fingerprint density at radius 3 is 2.72 bits per heavy atom. The molecule has 1 aromatic rings. The smallest absolute Gasteiger partial charge is 0.303 e. The number of carbonyl (C=O) groups is 1. The van der Waals surface area contributed by atoms with Gasteiger partial charge in [-0.15, -0.1) is 0 Å². The molecule has 0 aliphatic heterocycles. The predicted molar refractivity (Wildman–Crippen MR) is 114 cm³/mol. The Bertz CT molecular complexity index is 661. The summed E-state index contributed by atoms with van der Waals surface area (Å²) >= 11 is 0. The first kappa shape index (κ1) is 23.4. The van der Waals surface area contributed by atoms with Gasteiger partial charge in [0.05, 0.1) is 5.71 Å². The van der Waals surface area contributed by atoms with Crippen molar-refractivity contribution in [3.8, 4) is 0 Å². The quantitative estimate of drug-likeness (QED) is 0.225. The number of hydrogen-bond acceptors (Lipinski definition) is 3. The van der Waals surface area contributed by atoms with Crippen LogP contribution in [0.4, 0.5) is 4.39 Å². The number of hydrogen-bond donors (Lipinski definition) is 2. The molecular weight excluding hydrogens is 369 g/mol. The van der Waals surface area contributed by atoms with Gasteiger partial charge in [-0.2, -0.15) is 0 Å². The maximum absolute atomic E-state index is 13.3. The summed E-state index contributed by atoms with van der Waals surface area (Å²) in [5.74, 6) is 0.575. The van der Waals surface area contributed by atoms with Gasteiger partial charge in [-0.05, 0) is 68.1 Å². The normalized spacial score (nSPS) is 21.5. The van der Waals surface area contributed by atoms with E-state index in [-0.39, 0.29) is 12.2 Å². The maximum Gasteiger partial charge on any atom is 0.303 e. The average Bonchev–Trinajstić information content (AvgIpc) is 3.06. The Balaban J connectivity index is 1.70. The molecule has 0 heterocycles. The van der Waals surface area contributed by atoms with Crippen LogP contribution in [0.3, 0.4) is 0 Å². The summed E-state index contributed by atoms with van der Waals surface area (Å²) in [6.45, 7) is 2.22. The van der Waals surface area contributed by atoms with Crippen molar-refractivity contribution < 1.29 is 19.5 Å². The van der Waals surface area contributed by atoms with E-state index in [0.717, 1.165) is 81.9 Å². The second kappa shape index (κ2) is 12.6. The van der Waals surface area contributed by atoms with Crippen molar-refractivity contribution in [2.75, 3.05) is 0 Å². The number of unbranched alkanes of at least 4 members (excludes halogenated alkanes) is 3. The van der Waals surface area contributed by atoms with Crippen molar-refractivity contribution in [1.82, 2.24) is 0 Å². The largest absolute Gasteiger partial charge is 0.481 e. The Kier molecular flexibility index (Phi) is 10.2. The van der Waals surface area contributed by atoms with Crippen LogP contribution in [0.5, 0.6) is 0 Å².